The van der Waals surface area contributed by atoms with Gasteiger partial charge < -0.3 is 14.3 Å². The van der Waals surface area contributed by atoms with Crippen LogP contribution in [0.4, 0.5) is 5.82 Å². The second-order valence-corrected chi connectivity index (χ2v) is 6.27. The van der Waals surface area contributed by atoms with E-state index in [1.807, 2.05) is 0 Å². The van der Waals surface area contributed by atoms with Crippen molar-refractivity contribution in [3.05, 3.63) is 29.7 Å². The number of rotatable bonds is 4. The smallest absolute Gasteiger partial charge is 0.292 e. The maximum absolute atomic E-state index is 11.8. The van der Waals surface area contributed by atoms with E-state index in [2.05, 4.69) is 10.5 Å². The van der Waals surface area contributed by atoms with Gasteiger partial charge in [0.1, 0.15) is 5.76 Å². The topological polar surface area (TPSA) is 106 Å². The minimum atomic E-state index is -3.71. The van der Waals surface area contributed by atoms with Crippen LogP contribution in [0.1, 0.15) is 16.3 Å². The molecule has 0 aliphatic heterocycles. The van der Waals surface area contributed by atoms with Crippen LogP contribution in [0.5, 0.6) is 0 Å². The van der Waals surface area contributed by atoms with Crippen LogP contribution in [0, 0.1) is 6.92 Å². The number of nitrogens with one attached hydrogen (secondary N) is 1. The lowest BCUT2D eigenvalue weighted by Crippen LogP contribution is -2.21. The van der Waals surface area contributed by atoms with E-state index in [4.69, 9.17) is 8.94 Å². The van der Waals surface area contributed by atoms with Crippen molar-refractivity contribution >= 4 is 21.7 Å². The van der Waals surface area contributed by atoms with Gasteiger partial charge in [-0.2, -0.15) is 0 Å². The Morgan fingerprint density at radius 1 is 1.35 bits per heavy atom. The largest absolute Gasteiger partial charge is 0.438 e. The molecule has 108 valence electrons. The van der Waals surface area contributed by atoms with Gasteiger partial charge in [-0.3, -0.25) is 4.79 Å². The van der Waals surface area contributed by atoms with Crippen molar-refractivity contribution in [1.29, 1.82) is 0 Å². The van der Waals surface area contributed by atoms with Crippen LogP contribution in [0.3, 0.4) is 0 Å². The van der Waals surface area contributed by atoms with Crippen LogP contribution in [0.25, 0.3) is 0 Å². The van der Waals surface area contributed by atoms with E-state index in [1.165, 1.54) is 32.3 Å². The van der Waals surface area contributed by atoms with Crippen LogP contribution in [-0.2, 0) is 10.0 Å². The van der Waals surface area contributed by atoms with Gasteiger partial charge in [0.15, 0.2) is 11.6 Å². The molecule has 2 aromatic heterocycles. The summed E-state index contributed by atoms with van der Waals surface area (Å²) in [6.45, 7) is 1.68. The van der Waals surface area contributed by atoms with Crippen LogP contribution < -0.4 is 5.32 Å². The molecular weight excluding hydrogens is 286 g/mol. The van der Waals surface area contributed by atoms with Gasteiger partial charge in [-0.05, 0) is 19.1 Å². The molecular formula is C11H13N3O5S. The lowest BCUT2D eigenvalue weighted by molar-refractivity contribution is 0.0990. The number of amides is 1. The molecule has 0 fully saturated rings. The molecule has 8 nitrogen and oxygen atoms in total. The Morgan fingerprint density at radius 3 is 2.60 bits per heavy atom. The Labute approximate surface area is 115 Å². The van der Waals surface area contributed by atoms with E-state index in [-0.39, 0.29) is 16.7 Å². The minimum Gasteiger partial charge on any atom is -0.438 e. The first-order valence-corrected chi connectivity index (χ1v) is 7.02. The van der Waals surface area contributed by atoms with Gasteiger partial charge >= 0.3 is 0 Å². The number of carbonyl (C=O) groups is 1. The molecule has 0 aliphatic rings. The summed E-state index contributed by atoms with van der Waals surface area (Å²) in [5.74, 6) is 0.0149. The van der Waals surface area contributed by atoms with E-state index in [0.717, 1.165) is 4.31 Å². The number of aryl methyl sites for hydroxylation is 1. The molecule has 0 bridgehead atoms. The second kappa shape index (κ2) is 5.10. The molecule has 0 atom stereocenters. The zero-order valence-electron chi connectivity index (χ0n) is 11.1. The summed E-state index contributed by atoms with van der Waals surface area (Å²) in [4.78, 5) is 11.8. The van der Waals surface area contributed by atoms with Crippen LogP contribution in [-0.4, -0.2) is 37.9 Å². The van der Waals surface area contributed by atoms with Crippen molar-refractivity contribution < 1.29 is 22.2 Å². The fourth-order valence-corrected chi connectivity index (χ4v) is 2.16. The average Bonchev–Trinajstić information content (AvgIpc) is 2.98. The van der Waals surface area contributed by atoms with Gasteiger partial charge in [-0.15, -0.1) is 0 Å². The van der Waals surface area contributed by atoms with Crippen LogP contribution in [0.2, 0.25) is 0 Å². The number of hydrogen-bond donors (Lipinski definition) is 1. The number of nitrogens with zero attached hydrogens (tertiary/aromatic N) is 2. The van der Waals surface area contributed by atoms with Gasteiger partial charge in [0.05, 0.1) is 0 Å². The van der Waals surface area contributed by atoms with E-state index in [1.54, 1.807) is 6.92 Å². The SMILES string of the molecule is Cc1cc(NC(=O)c2ccc(S(=O)(=O)N(C)C)o2)no1. The number of anilines is 1. The lowest BCUT2D eigenvalue weighted by Gasteiger charge is -2.07. The maximum Gasteiger partial charge on any atom is 0.292 e. The highest BCUT2D eigenvalue weighted by molar-refractivity contribution is 7.88. The highest BCUT2D eigenvalue weighted by atomic mass is 32.2. The van der Waals surface area contributed by atoms with Gasteiger partial charge in [-0.1, -0.05) is 5.16 Å². The van der Waals surface area contributed by atoms with Crippen molar-refractivity contribution in [1.82, 2.24) is 9.46 Å². The molecule has 0 aliphatic carbocycles. The van der Waals surface area contributed by atoms with E-state index in [0.29, 0.717) is 5.76 Å². The Morgan fingerprint density at radius 2 is 2.05 bits per heavy atom. The number of sulfonamides is 1. The Bertz CT molecular complexity index is 729. The minimum absolute atomic E-state index is 0.133. The maximum atomic E-state index is 11.8. The average molecular weight is 299 g/mol. The lowest BCUT2D eigenvalue weighted by atomic mass is 10.4. The van der Waals surface area contributed by atoms with E-state index < -0.39 is 15.9 Å². The Balaban J connectivity index is 2.19. The van der Waals surface area contributed by atoms with Crippen molar-refractivity contribution in [2.45, 2.75) is 12.0 Å². The van der Waals surface area contributed by atoms with Crippen molar-refractivity contribution in [2.24, 2.45) is 0 Å². The first kappa shape index (κ1) is 14.3. The fourth-order valence-electron chi connectivity index (χ4n) is 1.36. The highest BCUT2D eigenvalue weighted by Gasteiger charge is 2.23. The van der Waals surface area contributed by atoms with Gasteiger partial charge in [-0.25, -0.2) is 12.7 Å². The number of hydrogen-bond acceptors (Lipinski definition) is 6. The van der Waals surface area contributed by atoms with E-state index >= 15 is 0 Å². The zero-order chi connectivity index (χ0) is 14.9. The molecule has 2 aromatic rings. The monoisotopic (exact) mass is 299 g/mol. The molecule has 0 radical (unpaired) electrons. The van der Waals surface area contributed by atoms with Gasteiger partial charge in [0.25, 0.3) is 15.9 Å². The second-order valence-electron chi connectivity index (χ2n) is 4.18. The summed E-state index contributed by atoms with van der Waals surface area (Å²) < 4.78 is 34.4. The predicted octanol–water partition coefficient (Wildman–Crippen LogP) is 1.08. The summed E-state index contributed by atoms with van der Waals surface area (Å²) in [6.07, 6.45) is 0. The first-order chi connectivity index (χ1) is 9.30. The van der Waals surface area contributed by atoms with Crippen LogP contribution >= 0.6 is 0 Å². The Hall–Kier alpha value is -2.13. The number of furan rings is 1. The number of aromatic nitrogens is 1. The van der Waals surface area contributed by atoms with Gasteiger partial charge in [0.2, 0.25) is 5.09 Å². The molecule has 0 unspecified atom stereocenters. The molecule has 0 spiro atoms. The molecule has 0 aromatic carbocycles. The molecule has 9 heteroatoms. The summed E-state index contributed by atoms with van der Waals surface area (Å²) in [7, 11) is -0.964. The van der Waals surface area contributed by atoms with Crippen molar-refractivity contribution in [3.63, 3.8) is 0 Å². The van der Waals surface area contributed by atoms with Crippen molar-refractivity contribution in [2.75, 3.05) is 19.4 Å². The van der Waals surface area contributed by atoms with Gasteiger partial charge in [0, 0.05) is 20.2 Å². The molecule has 2 rings (SSSR count). The molecule has 2 heterocycles. The highest BCUT2D eigenvalue weighted by Crippen LogP contribution is 2.18. The molecule has 1 amide bonds. The quantitative estimate of drug-likeness (QED) is 0.905. The molecule has 0 saturated carbocycles. The summed E-state index contributed by atoms with van der Waals surface area (Å²) in [5, 5.41) is 5.72. The summed E-state index contributed by atoms with van der Waals surface area (Å²) >= 11 is 0. The normalized spacial score (nSPS) is 11.8. The standard InChI is InChI=1S/C11H13N3O5S/c1-7-6-9(13-19-7)12-11(15)8-4-5-10(18-8)20(16,17)14(2)3/h4-6H,1-3H3,(H,12,13,15). The third-order valence-electron chi connectivity index (χ3n) is 2.41. The zero-order valence-corrected chi connectivity index (χ0v) is 11.9. The van der Waals surface area contributed by atoms with E-state index in [9.17, 15) is 13.2 Å². The third-order valence-corrected chi connectivity index (χ3v) is 4.10. The Kier molecular flexibility index (Phi) is 3.64. The van der Waals surface area contributed by atoms with Crippen molar-refractivity contribution in [3.8, 4) is 0 Å². The third kappa shape index (κ3) is 2.73. The number of carbonyl (C=O) groups excluding carboxylic acids is 1. The van der Waals surface area contributed by atoms with Crippen LogP contribution in [0.15, 0.2) is 32.2 Å². The molecule has 0 saturated heterocycles. The predicted molar refractivity (Wildman–Crippen MR) is 68.8 cm³/mol. The molecule has 1 N–H and O–H groups in total. The molecule has 20 heavy (non-hydrogen) atoms. The first-order valence-electron chi connectivity index (χ1n) is 5.58. The summed E-state index contributed by atoms with van der Waals surface area (Å²) in [6, 6.07) is 4.02. The summed E-state index contributed by atoms with van der Waals surface area (Å²) in [5.41, 5.74) is 0. The fraction of sp³-hybridized carbons (Fsp3) is 0.273.